The van der Waals surface area contributed by atoms with Crippen molar-refractivity contribution in [2.45, 2.75) is 13.0 Å². The minimum atomic E-state index is -0.325. The van der Waals surface area contributed by atoms with Gasteiger partial charge in [0.2, 0.25) is 11.8 Å². The summed E-state index contributed by atoms with van der Waals surface area (Å²) < 4.78 is 7.11. The summed E-state index contributed by atoms with van der Waals surface area (Å²) in [6.45, 7) is 1.29. The minimum absolute atomic E-state index is 0.0112. The van der Waals surface area contributed by atoms with E-state index in [0.717, 1.165) is 16.7 Å². The van der Waals surface area contributed by atoms with Gasteiger partial charge in [0, 0.05) is 30.2 Å². The molecular formula is C16H19N3O3. The Hall–Kier alpha value is -2.50. The highest BCUT2D eigenvalue weighted by molar-refractivity contribution is 5.85. The molecular weight excluding hydrogens is 282 g/mol. The van der Waals surface area contributed by atoms with Crippen LogP contribution in [0, 0.1) is 5.92 Å². The van der Waals surface area contributed by atoms with Crippen molar-refractivity contribution >= 4 is 22.7 Å². The monoisotopic (exact) mass is 301 g/mol. The molecule has 1 fully saturated rings. The minimum Gasteiger partial charge on any atom is -0.497 e. The van der Waals surface area contributed by atoms with Crippen LogP contribution in [0.2, 0.25) is 0 Å². The molecule has 6 nitrogen and oxygen atoms in total. The van der Waals surface area contributed by atoms with E-state index in [0.29, 0.717) is 19.5 Å². The molecule has 1 aromatic carbocycles. The van der Waals surface area contributed by atoms with Gasteiger partial charge in [0.15, 0.2) is 0 Å². The molecule has 0 radical (unpaired) electrons. The number of carbonyl (C=O) groups excluding carboxylic acids is 2. The van der Waals surface area contributed by atoms with Crippen LogP contribution in [0.4, 0.5) is 0 Å². The molecule has 2 heterocycles. The Morgan fingerprint density at radius 3 is 2.86 bits per heavy atom. The molecule has 1 aliphatic heterocycles. The maximum atomic E-state index is 12.4. The molecule has 2 aromatic rings. The molecule has 0 unspecified atom stereocenters. The highest BCUT2D eigenvalue weighted by Gasteiger charge is 2.29. The molecule has 6 heteroatoms. The fraction of sp³-hybridized carbons (Fsp3) is 0.375. The molecule has 2 N–H and O–H groups in total. The number of aromatic nitrogens is 1. The summed E-state index contributed by atoms with van der Waals surface area (Å²) in [6, 6.07) is 7.72. The van der Waals surface area contributed by atoms with Gasteiger partial charge in [-0.15, -0.1) is 0 Å². The molecule has 1 aliphatic rings. The lowest BCUT2D eigenvalue weighted by Gasteiger charge is -2.16. The summed E-state index contributed by atoms with van der Waals surface area (Å²) in [5, 5.41) is 1.03. The standard InChI is InChI=1S/C16H19N3O3/c1-22-13-2-3-14-11(8-13)4-6-18(14)10-15(20)19-7-5-12(9-19)16(17)21/h2-4,6,8,12H,5,7,9-10H2,1H3,(H2,17,21)/t12-/m1/s1. The molecule has 0 bridgehead atoms. The molecule has 0 spiro atoms. The Labute approximate surface area is 128 Å². The first-order valence-corrected chi connectivity index (χ1v) is 7.28. The largest absolute Gasteiger partial charge is 0.497 e. The van der Waals surface area contributed by atoms with Gasteiger partial charge in [-0.2, -0.15) is 0 Å². The summed E-state index contributed by atoms with van der Waals surface area (Å²) in [5.74, 6) is 0.265. The van der Waals surface area contributed by atoms with E-state index in [4.69, 9.17) is 10.5 Å². The number of benzene rings is 1. The lowest BCUT2D eigenvalue weighted by atomic mass is 10.1. The number of ether oxygens (including phenoxy) is 1. The van der Waals surface area contributed by atoms with Gasteiger partial charge in [-0.25, -0.2) is 0 Å². The SMILES string of the molecule is COc1ccc2c(ccn2CC(=O)N2CC[C@@H](C(N)=O)C2)c1. The summed E-state index contributed by atoms with van der Waals surface area (Å²) in [7, 11) is 1.63. The second-order valence-electron chi connectivity index (χ2n) is 5.60. The molecule has 0 aliphatic carbocycles. The topological polar surface area (TPSA) is 77.6 Å². The maximum Gasteiger partial charge on any atom is 0.242 e. The Bertz CT molecular complexity index is 722. The number of fused-ring (bicyclic) bond motifs is 1. The number of hydrogen-bond donors (Lipinski definition) is 1. The third-order valence-electron chi connectivity index (χ3n) is 4.23. The molecule has 1 saturated heterocycles. The highest BCUT2D eigenvalue weighted by Crippen LogP contribution is 2.22. The molecule has 0 saturated carbocycles. The van der Waals surface area contributed by atoms with Crippen LogP contribution in [0.15, 0.2) is 30.5 Å². The number of carbonyl (C=O) groups is 2. The van der Waals surface area contributed by atoms with E-state index in [9.17, 15) is 9.59 Å². The maximum absolute atomic E-state index is 12.4. The van der Waals surface area contributed by atoms with Gasteiger partial charge in [0.1, 0.15) is 12.3 Å². The van der Waals surface area contributed by atoms with Gasteiger partial charge in [0.05, 0.1) is 13.0 Å². The van der Waals surface area contributed by atoms with Gasteiger partial charge in [-0.05, 0) is 30.7 Å². The Balaban J connectivity index is 1.73. The number of hydrogen-bond acceptors (Lipinski definition) is 3. The predicted molar refractivity (Wildman–Crippen MR) is 82.4 cm³/mol. The quantitative estimate of drug-likeness (QED) is 0.914. The second-order valence-corrected chi connectivity index (χ2v) is 5.60. The fourth-order valence-electron chi connectivity index (χ4n) is 2.91. The van der Waals surface area contributed by atoms with Crippen LogP contribution in [-0.4, -0.2) is 41.5 Å². The molecule has 3 rings (SSSR count). The number of methoxy groups -OCH3 is 1. The van der Waals surface area contributed by atoms with Crippen molar-refractivity contribution in [2.75, 3.05) is 20.2 Å². The third kappa shape index (κ3) is 2.64. The van der Waals surface area contributed by atoms with Crippen LogP contribution in [0.1, 0.15) is 6.42 Å². The van der Waals surface area contributed by atoms with Gasteiger partial charge < -0.3 is 19.9 Å². The normalized spacial score (nSPS) is 17.9. The highest BCUT2D eigenvalue weighted by atomic mass is 16.5. The van der Waals surface area contributed by atoms with E-state index in [2.05, 4.69) is 0 Å². The van der Waals surface area contributed by atoms with Gasteiger partial charge >= 0.3 is 0 Å². The molecule has 2 amide bonds. The molecule has 1 aromatic heterocycles. The van der Waals surface area contributed by atoms with Crippen molar-refractivity contribution in [1.29, 1.82) is 0 Å². The summed E-state index contributed by atoms with van der Waals surface area (Å²) in [5.41, 5.74) is 6.29. The fourth-order valence-corrected chi connectivity index (χ4v) is 2.91. The van der Waals surface area contributed by atoms with Crippen molar-refractivity contribution in [3.8, 4) is 5.75 Å². The Morgan fingerprint density at radius 1 is 1.36 bits per heavy atom. The molecule has 1 atom stereocenters. The zero-order valence-electron chi connectivity index (χ0n) is 12.5. The van der Waals surface area contributed by atoms with Crippen LogP contribution in [0.5, 0.6) is 5.75 Å². The number of primary amides is 1. The van der Waals surface area contributed by atoms with Gasteiger partial charge in [-0.1, -0.05) is 0 Å². The van der Waals surface area contributed by atoms with Crippen LogP contribution >= 0.6 is 0 Å². The zero-order valence-corrected chi connectivity index (χ0v) is 12.5. The number of likely N-dealkylation sites (tertiary alicyclic amines) is 1. The number of nitrogens with zero attached hydrogens (tertiary/aromatic N) is 2. The second kappa shape index (κ2) is 5.71. The lowest BCUT2D eigenvalue weighted by Crippen LogP contribution is -2.33. The summed E-state index contributed by atoms with van der Waals surface area (Å²) in [4.78, 5) is 25.3. The van der Waals surface area contributed by atoms with E-state index in [1.807, 2.05) is 35.0 Å². The van der Waals surface area contributed by atoms with Crippen LogP contribution in [0.3, 0.4) is 0 Å². The zero-order chi connectivity index (χ0) is 15.7. The van der Waals surface area contributed by atoms with Gasteiger partial charge in [0.25, 0.3) is 0 Å². The smallest absolute Gasteiger partial charge is 0.242 e. The van der Waals surface area contributed by atoms with Crippen molar-refractivity contribution in [3.05, 3.63) is 30.5 Å². The average Bonchev–Trinajstić information content (AvgIpc) is 3.14. The first-order valence-electron chi connectivity index (χ1n) is 7.28. The number of nitrogens with two attached hydrogens (primary N) is 1. The van der Waals surface area contributed by atoms with Crippen molar-refractivity contribution in [1.82, 2.24) is 9.47 Å². The summed E-state index contributed by atoms with van der Waals surface area (Å²) in [6.07, 6.45) is 2.55. The number of rotatable bonds is 4. The molecule has 22 heavy (non-hydrogen) atoms. The lowest BCUT2D eigenvalue weighted by molar-refractivity contribution is -0.131. The van der Waals surface area contributed by atoms with E-state index < -0.39 is 0 Å². The third-order valence-corrected chi connectivity index (χ3v) is 4.23. The van der Waals surface area contributed by atoms with E-state index >= 15 is 0 Å². The first kappa shape index (κ1) is 14.4. The van der Waals surface area contributed by atoms with Crippen LogP contribution in [0.25, 0.3) is 10.9 Å². The van der Waals surface area contributed by atoms with Crippen LogP contribution in [-0.2, 0) is 16.1 Å². The van der Waals surface area contributed by atoms with Crippen LogP contribution < -0.4 is 10.5 Å². The van der Waals surface area contributed by atoms with Crippen molar-refractivity contribution in [2.24, 2.45) is 11.7 Å². The number of amides is 2. The van der Waals surface area contributed by atoms with E-state index in [1.165, 1.54) is 0 Å². The van der Waals surface area contributed by atoms with Crippen molar-refractivity contribution in [3.63, 3.8) is 0 Å². The van der Waals surface area contributed by atoms with E-state index in [1.54, 1.807) is 12.0 Å². The summed E-state index contributed by atoms with van der Waals surface area (Å²) >= 11 is 0. The first-order chi connectivity index (χ1) is 10.6. The molecule has 116 valence electrons. The van der Waals surface area contributed by atoms with Crippen molar-refractivity contribution < 1.29 is 14.3 Å². The predicted octanol–water partition coefficient (Wildman–Crippen LogP) is 0.984. The van der Waals surface area contributed by atoms with E-state index in [-0.39, 0.29) is 24.3 Å². The van der Waals surface area contributed by atoms with Gasteiger partial charge in [-0.3, -0.25) is 9.59 Å². The average molecular weight is 301 g/mol. The Kier molecular flexibility index (Phi) is 3.75. The Morgan fingerprint density at radius 2 is 2.18 bits per heavy atom.